The summed E-state index contributed by atoms with van der Waals surface area (Å²) in [4.78, 5) is 6.58. The van der Waals surface area contributed by atoms with Crippen LogP contribution < -0.4 is 5.32 Å². The van der Waals surface area contributed by atoms with E-state index < -0.39 is 9.84 Å². The standard InChI is InChI=1S/C13H21N3O2S/c1-2-14-9-12-3-4-13(15-10-12)11-16-5-7-19(17,18)8-6-16/h3-4,10,14H,2,5-9,11H2,1H3. The minimum atomic E-state index is -2.80. The first-order valence-electron chi connectivity index (χ1n) is 6.66. The van der Waals surface area contributed by atoms with E-state index in [1.165, 1.54) is 5.56 Å². The van der Waals surface area contributed by atoms with Crippen molar-refractivity contribution in [3.05, 3.63) is 29.6 Å². The van der Waals surface area contributed by atoms with Crippen LogP contribution in [0.25, 0.3) is 0 Å². The van der Waals surface area contributed by atoms with E-state index in [0.29, 0.717) is 13.1 Å². The Balaban J connectivity index is 1.86. The highest BCUT2D eigenvalue weighted by molar-refractivity contribution is 7.91. The van der Waals surface area contributed by atoms with Crippen molar-refractivity contribution >= 4 is 9.84 Å². The Morgan fingerprint density at radius 3 is 2.63 bits per heavy atom. The van der Waals surface area contributed by atoms with Gasteiger partial charge in [-0.2, -0.15) is 0 Å². The van der Waals surface area contributed by atoms with Crippen LogP contribution in [0.15, 0.2) is 18.3 Å². The van der Waals surface area contributed by atoms with Crippen LogP contribution in [0.4, 0.5) is 0 Å². The molecule has 0 radical (unpaired) electrons. The van der Waals surface area contributed by atoms with Crippen molar-refractivity contribution in [2.45, 2.75) is 20.0 Å². The normalized spacial score (nSPS) is 19.4. The Hall–Kier alpha value is -0.980. The Morgan fingerprint density at radius 2 is 2.05 bits per heavy atom. The Kier molecular flexibility index (Phi) is 4.90. The average molecular weight is 283 g/mol. The number of aromatic nitrogens is 1. The molecule has 1 aromatic rings. The Morgan fingerprint density at radius 1 is 1.32 bits per heavy atom. The molecule has 0 amide bonds. The summed E-state index contributed by atoms with van der Waals surface area (Å²) in [6, 6.07) is 4.10. The third-order valence-electron chi connectivity index (χ3n) is 3.29. The van der Waals surface area contributed by atoms with Crippen molar-refractivity contribution in [3.8, 4) is 0 Å². The first-order chi connectivity index (χ1) is 9.09. The molecule has 0 spiro atoms. The molecule has 0 bridgehead atoms. The molecule has 19 heavy (non-hydrogen) atoms. The van der Waals surface area contributed by atoms with Crippen LogP contribution in [0.2, 0.25) is 0 Å². The first kappa shape index (κ1) is 14.4. The van der Waals surface area contributed by atoms with Gasteiger partial charge in [-0.25, -0.2) is 8.42 Å². The van der Waals surface area contributed by atoms with Gasteiger partial charge in [-0.1, -0.05) is 13.0 Å². The van der Waals surface area contributed by atoms with Gasteiger partial charge in [0.05, 0.1) is 17.2 Å². The number of hydrogen-bond acceptors (Lipinski definition) is 5. The van der Waals surface area contributed by atoms with Crippen molar-refractivity contribution in [2.75, 3.05) is 31.1 Å². The monoisotopic (exact) mass is 283 g/mol. The summed E-state index contributed by atoms with van der Waals surface area (Å²) >= 11 is 0. The number of pyridine rings is 1. The molecular weight excluding hydrogens is 262 g/mol. The molecule has 106 valence electrons. The fourth-order valence-electron chi connectivity index (χ4n) is 2.06. The summed E-state index contributed by atoms with van der Waals surface area (Å²) < 4.78 is 22.7. The molecule has 0 saturated carbocycles. The van der Waals surface area contributed by atoms with Crippen molar-refractivity contribution in [1.82, 2.24) is 15.2 Å². The van der Waals surface area contributed by atoms with Crippen LogP contribution in [-0.2, 0) is 22.9 Å². The van der Waals surface area contributed by atoms with Crippen molar-refractivity contribution in [2.24, 2.45) is 0 Å². The predicted molar refractivity (Wildman–Crippen MR) is 75.5 cm³/mol. The van der Waals surface area contributed by atoms with Crippen LogP contribution in [0, 0.1) is 0 Å². The lowest BCUT2D eigenvalue weighted by Crippen LogP contribution is -2.39. The molecule has 0 aromatic carbocycles. The molecule has 6 heteroatoms. The second-order valence-corrected chi connectivity index (χ2v) is 7.17. The fourth-order valence-corrected chi connectivity index (χ4v) is 3.34. The van der Waals surface area contributed by atoms with Crippen molar-refractivity contribution in [3.63, 3.8) is 0 Å². The maximum Gasteiger partial charge on any atom is 0.152 e. The lowest BCUT2D eigenvalue weighted by molar-refractivity contribution is 0.284. The molecule has 0 aliphatic carbocycles. The van der Waals surface area contributed by atoms with Gasteiger partial charge in [0.25, 0.3) is 0 Å². The third kappa shape index (κ3) is 4.56. The van der Waals surface area contributed by atoms with E-state index in [-0.39, 0.29) is 11.5 Å². The maximum atomic E-state index is 11.3. The highest BCUT2D eigenvalue weighted by Gasteiger charge is 2.21. The van der Waals surface area contributed by atoms with Crippen LogP contribution in [0.3, 0.4) is 0 Å². The maximum absolute atomic E-state index is 11.3. The van der Waals surface area contributed by atoms with E-state index in [1.54, 1.807) is 0 Å². The SMILES string of the molecule is CCNCc1ccc(CN2CCS(=O)(=O)CC2)nc1. The smallest absolute Gasteiger partial charge is 0.152 e. The molecule has 1 fully saturated rings. The van der Waals surface area contributed by atoms with Crippen molar-refractivity contribution < 1.29 is 8.42 Å². The second-order valence-electron chi connectivity index (χ2n) is 4.87. The highest BCUT2D eigenvalue weighted by atomic mass is 32.2. The molecule has 1 aliphatic heterocycles. The molecule has 1 aromatic heterocycles. The van der Waals surface area contributed by atoms with E-state index in [4.69, 9.17) is 0 Å². The number of nitrogens with one attached hydrogen (secondary N) is 1. The first-order valence-corrected chi connectivity index (χ1v) is 8.48. The van der Waals surface area contributed by atoms with E-state index in [1.807, 2.05) is 12.3 Å². The van der Waals surface area contributed by atoms with Crippen LogP contribution >= 0.6 is 0 Å². The van der Waals surface area contributed by atoms with Gasteiger partial charge in [0.2, 0.25) is 0 Å². The van der Waals surface area contributed by atoms with Gasteiger partial charge in [-0.15, -0.1) is 0 Å². The summed E-state index contributed by atoms with van der Waals surface area (Å²) in [6.07, 6.45) is 1.89. The van der Waals surface area contributed by atoms with Crippen LogP contribution in [0.1, 0.15) is 18.2 Å². The predicted octanol–water partition coefficient (Wildman–Crippen LogP) is 0.422. The minimum Gasteiger partial charge on any atom is -0.313 e. The highest BCUT2D eigenvalue weighted by Crippen LogP contribution is 2.08. The number of rotatable bonds is 5. The van der Waals surface area contributed by atoms with E-state index >= 15 is 0 Å². The van der Waals surface area contributed by atoms with Crippen LogP contribution in [-0.4, -0.2) is 49.4 Å². The summed E-state index contributed by atoms with van der Waals surface area (Å²) in [7, 11) is -2.80. The van der Waals surface area contributed by atoms with Crippen LogP contribution in [0.5, 0.6) is 0 Å². The molecule has 5 nitrogen and oxygen atoms in total. The lowest BCUT2D eigenvalue weighted by atomic mass is 10.2. The summed E-state index contributed by atoms with van der Waals surface area (Å²) in [5.41, 5.74) is 2.17. The van der Waals surface area contributed by atoms with Gasteiger partial charge in [0.1, 0.15) is 0 Å². The van der Waals surface area contributed by atoms with Gasteiger partial charge in [-0.05, 0) is 18.2 Å². The largest absolute Gasteiger partial charge is 0.313 e. The molecule has 0 unspecified atom stereocenters. The van der Waals surface area contributed by atoms with E-state index in [0.717, 1.165) is 25.3 Å². The third-order valence-corrected chi connectivity index (χ3v) is 4.90. The van der Waals surface area contributed by atoms with Gasteiger partial charge in [0, 0.05) is 32.4 Å². The van der Waals surface area contributed by atoms with Gasteiger partial charge in [-0.3, -0.25) is 9.88 Å². The second kappa shape index (κ2) is 6.45. The summed E-state index contributed by atoms with van der Waals surface area (Å²) in [5.74, 6) is 0.539. The molecule has 1 N–H and O–H groups in total. The average Bonchev–Trinajstić information content (AvgIpc) is 2.40. The number of sulfone groups is 1. The molecule has 1 saturated heterocycles. The Bertz CT molecular complexity index is 485. The minimum absolute atomic E-state index is 0.269. The summed E-state index contributed by atoms with van der Waals surface area (Å²) in [6.45, 7) is 5.82. The molecular formula is C13H21N3O2S. The zero-order valence-electron chi connectivity index (χ0n) is 11.3. The molecule has 2 rings (SSSR count). The Labute approximate surface area is 114 Å². The molecule has 2 heterocycles. The number of nitrogens with zero attached hydrogens (tertiary/aromatic N) is 2. The lowest BCUT2D eigenvalue weighted by Gasteiger charge is -2.26. The van der Waals surface area contributed by atoms with Gasteiger partial charge >= 0.3 is 0 Å². The quantitative estimate of drug-likeness (QED) is 0.848. The van der Waals surface area contributed by atoms with E-state index in [2.05, 4.69) is 28.2 Å². The van der Waals surface area contributed by atoms with E-state index in [9.17, 15) is 8.42 Å². The molecule has 0 atom stereocenters. The zero-order valence-corrected chi connectivity index (χ0v) is 12.1. The zero-order chi connectivity index (χ0) is 13.7. The van der Waals surface area contributed by atoms with Gasteiger partial charge in [0.15, 0.2) is 9.84 Å². The van der Waals surface area contributed by atoms with Gasteiger partial charge < -0.3 is 5.32 Å². The summed E-state index contributed by atoms with van der Waals surface area (Å²) in [5, 5.41) is 3.26. The number of hydrogen-bond donors (Lipinski definition) is 1. The van der Waals surface area contributed by atoms with Crippen molar-refractivity contribution in [1.29, 1.82) is 0 Å². The fraction of sp³-hybridized carbons (Fsp3) is 0.615. The molecule has 1 aliphatic rings. The topological polar surface area (TPSA) is 62.3 Å².